The van der Waals surface area contributed by atoms with E-state index in [0.717, 1.165) is 9.36 Å². The van der Waals surface area contributed by atoms with Gasteiger partial charge in [0.2, 0.25) is 0 Å². The van der Waals surface area contributed by atoms with Crippen LogP contribution < -0.4 is 5.32 Å². The molecule has 0 aliphatic rings. The first-order valence-corrected chi connectivity index (χ1v) is 6.51. The maximum Gasteiger partial charge on any atom is 0.252 e. The molecule has 1 amide bonds. The first-order chi connectivity index (χ1) is 7.59. The Kier molecular flexibility index (Phi) is 5.73. The zero-order valence-corrected chi connectivity index (χ0v) is 11.5. The smallest absolute Gasteiger partial charge is 0.252 e. The van der Waals surface area contributed by atoms with Crippen molar-refractivity contribution in [3.05, 3.63) is 32.9 Å². The number of ether oxygens (including phenoxy) is 1. The predicted octanol–water partition coefficient (Wildman–Crippen LogP) is 2.83. The molecular formula is C11H14BrNO2S. The highest BCUT2D eigenvalue weighted by Crippen LogP contribution is 2.20. The number of amides is 1. The Morgan fingerprint density at radius 3 is 3.00 bits per heavy atom. The number of carbonyl (C=O) groups is 1. The molecule has 5 heteroatoms. The van der Waals surface area contributed by atoms with E-state index in [4.69, 9.17) is 4.74 Å². The molecule has 0 aliphatic heterocycles. The molecule has 1 aromatic heterocycles. The van der Waals surface area contributed by atoms with Crippen molar-refractivity contribution in [1.29, 1.82) is 0 Å². The Hall–Kier alpha value is -0.650. The Morgan fingerprint density at radius 2 is 2.44 bits per heavy atom. The summed E-state index contributed by atoms with van der Waals surface area (Å²) in [6, 6.07) is 1.80. The van der Waals surface area contributed by atoms with Crippen LogP contribution in [0.4, 0.5) is 0 Å². The van der Waals surface area contributed by atoms with Crippen LogP contribution in [0.1, 0.15) is 17.3 Å². The van der Waals surface area contributed by atoms with Gasteiger partial charge < -0.3 is 10.1 Å². The first kappa shape index (κ1) is 13.4. The molecule has 16 heavy (non-hydrogen) atoms. The van der Waals surface area contributed by atoms with Gasteiger partial charge in [0.15, 0.2) is 0 Å². The highest BCUT2D eigenvalue weighted by molar-refractivity contribution is 9.11. The highest BCUT2D eigenvalue weighted by Gasteiger charge is 2.06. The molecule has 0 fully saturated rings. The predicted molar refractivity (Wildman–Crippen MR) is 70.0 cm³/mol. The third-order valence-electron chi connectivity index (χ3n) is 1.71. The van der Waals surface area contributed by atoms with E-state index in [-0.39, 0.29) is 5.91 Å². The topological polar surface area (TPSA) is 38.3 Å². The van der Waals surface area contributed by atoms with Crippen molar-refractivity contribution in [1.82, 2.24) is 5.32 Å². The van der Waals surface area contributed by atoms with Gasteiger partial charge in [-0.1, -0.05) is 12.2 Å². The second kappa shape index (κ2) is 6.83. The van der Waals surface area contributed by atoms with Gasteiger partial charge >= 0.3 is 0 Å². The summed E-state index contributed by atoms with van der Waals surface area (Å²) >= 11 is 4.81. The summed E-state index contributed by atoms with van der Waals surface area (Å²) in [5.74, 6) is -0.0686. The second-order valence-electron chi connectivity index (χ2n) is 3.41. The molecule has 1 heterocycles. The van der Waals surface area contributed by atoms with Crippen molar-refractivity contribution in [3.8, 4) is 0 Å². The van der Waals surface area contributed by atoms with E-state index in [9.17, 15) is 4.79 Å². The Balaban J connectivity index is 2.18. The molecule has 0 atom stereocenters. The molecule has 1 aromatic rings. The first-order valence-electron chi connectivity index (χ1n) is 4.84. The molecule has 0 bridgehead atoms. The average Bonchev–Trinajstić information content (AvgIpc) is 2.63. The third-order valence-corrected chi connectivity index (χ3v) is 3.21. The van der Waals surface area contributed by atoms with E-state index in [2.05, 4.69) is 27.8 Å². The summed E-state index contributed by atoms with van der Waals surface area (Å²) in [7, 11) is 0. The number of thiophene rings is 1. The van der Waals surface area contributed by atoms with Gasteiger partial charge in [0.25, 0.3) is 5.91 Å². The number of nitrogens with one attached hydrogen (secondary N) is 1. The maximum absolute atomic E-state index is 11.6. The highest BCUT2D eigenvalue weighted by atomic mass is 79.9. The Morgan fingerprint density at radius 1 is 1.69 bits per heavy atom. The molecule has 1 rings (SSSR count). The lowest BCUT2D eigenvalue weighted by Gasteiger charge is -2.05. The average molecular weight is 304 g/mol. The lowest BCUT2D eigenvalue weighted by atomic mass is 10.3. The van der Waals surface area contributed by atoms with Crippen LogP contribution >= 0.6 is 27.3 Å². The van der Waals surface area contributed by atoms with Gasteiger partial charge in [-0.05, 0) is 28.9 Å². The van der Waals surface area contributed by atoms with Crippen molar-refractivity contribution in [2.75, 3.05) is 19.8 Å². The fraction of sp³-hybridized carbons (Fsp3) is 0.364. The van der Waals surface area contributed by atoms with Crippen LogP contribution in [0.15, 0.2) is 27.4 Å². The van der Waals surface area contributed by atoms with Crippen LogP contribution in [0.2, 0.25) is 0 Å². The number of rotatable bonds is 6. The largest absolute Gasteiger partial charge is 0.375 e. The molecule has 0 aromatic carbocycles. The van der Waals surface area contributed by atoms with Crippen molar-refractivity contribution in [2.24, 2.45) is 0 Å². The van der Waals surface area contributed by atoms with Gasteiger partial charge in [0.05, 0.1) is 22.6 Å². The molecule has 0 radical (unpaired) electrons. The number of hydrogen-bond donors (Lipinski definition) is 1. The molecule has 0 saturated heterocycles. The number of halogens is 1. The summed E-state index contributed by atoms with van der Waals surface area (Å²) in [4.78, 5) is 11.6. The van der Waals surface area contributed by atoms with E-state index in [1.54, 1.807) is 6.07 Å². The van der Waals surface area contributed by atoms with E-state index >= 15 is 0 Å². The van der Waals surface area contributed by atoms with E-state index in [1.807, 2.05) is 12.3 Å². The minimum absolute atomic E-state index is 0.0686. The fourth-order valence-electron chi connectivity index (χ4n) is 1.01. The lowest BCUT2D eigenvalue weighted by Crippen LogP contribution is -2.27. The summed E-state index contributed by atoms with van der Waals surface area (Å²) in [6.07, 6.45) is 0. The zero-order valence-electron chi connectivity index (χ0n) is 9.09. The molecule has 0 unspecified atom stereocenters. The minimum atomic E-state index is -0.0686. The van der Waals surface area contributed by atoms with Crippen LogP contribution in [0.25, 0.3) is 0 Å². The Bertz CT molecular complexity index is 376. The number of carbonyl (C=O) groups excluding carboxylic acids is 1. The molecular weight excluding hydrogens is 290 g/mol. The van der Waals surface area contributed by atoms with Gasteiger partial charge in [0.1, 0.15) is 0 Å². The SMILES string of the molecule is C=C(C)COCCNC(=O)c1csc(Br)c1. The summed E-state index contributed by atoms with van der Waals surface area (Å²) < 4.78 is 6.22. The van der Waals surface area contributed by atoms with Gasteiger partial charge in [0, 0.05) is 11.9 Å². The monoisotopic (exact) mass is 303 g/mol. The quantitative estimate of drug-likeness (QED) is 0.648. The van der Waals surface area contributed by atoms with Gasteiger partial charge in [-0.3, -0.25) is 4.79 Å². The maximum atomic E-state index is 11.6. The lowest BCUT2D eigenvalue weighted by molar-refractivity contribution is 0.0927. The van der Waals surface area contributed by atoms with Crippen LogP contribution in [0.3, 0.4) is 0 Å². The molecule has 88 valence electrons. The minimum Gasteiger partial charge on any atom is -0.375 e. The summed E-state index contributed by atoms with van der Waals surface area (Å²) in [5, 5.41) is 4.59. The zero-order chi connectivity index (χ0) is 12.0. The second-order valence-corrected chi connectivity index (χ2v) is 5.70. The molecule has 0 spiro atoms. The van der Waals surface area contributed by atoms with Crippen LogP contribution in [-0.2, 0) is 4.74 Å². The molecule has 0 saturated carbocycles. The third kappa shape index (κ3) is 4.92. The number of hydrogen-bond acceptors (Lipinski definition) is 3. The summed E-state index contributed by atoms with van der Waals surface area (Å²) in [5.41, 5.74) is 1.66. The normalized spacial score (nSPS) is 10.1. The van der Waals surface area contributed by atoms with Crippen molar-refractivity contribution >= 4 is 33.2 Å². The van der Waals surface area contributed by atoms with Gasteiger partial charge in [-0.2, -0.15) is 0 Å². The fourth-order valence-corrected chi connectivity index (χ4v) is 2.15. The molecule has 0 aliphatic carbocycles. The summed E-state index contributed by atoms with van der Waals surface area (Å²) in [6.45, 7) is 7.19. The van der Waals surface area contributed by atoms with Crippen LogP contribution in [0.5, 0.6) is 0 Å². The van der Waals surface area contributed by atoms with E-state index in [0.29, 0.717) is 25.3 Å². The van der Waals surface area contributed by atoms with Crippen molar-refractivity contribution in [3.63, 3.8) is 0 Å². The van der Waals surface area contributed by atoms with Crippen LogP contribution in [-0.4, -0.2) is 25.7 Å². The molecule has 3 nitrogen and oxygen atoms in total. The van der Waals surface area contributed by atoms with Gasteiger partial charge in [-0.15, -0.1) is 11.3 Å². The van der Waals surface area contributed by atoms with E-state index < -0.39 is 0 Å². The van der Waals surface area contributed by atoms with E-state index in [1.165, 1.54) is 11.3 Å². The van der Waals surface area contributed by atoms with Crippen molar-refractivity contribution < 1.29 is 9.53 Å². The van der Waals surface area contributed by atoms with Crippen molar-refractivity contribution in [2.45, 2.75) is 6.92 Å². The van der Waals surface area contributed by atoms with Crippen LogP contribution in [0, 0.1) is 0 Å². The van der Waals surface area contributed by atoms with Gasteiger partial charge in [-0.25, -0.2) is 0 Å². The standard InChI is InChI=1S/C11H14BrNO2S/c1-8(2)6-15-4-3-13-11(14)9-5-10(12)16-7-9/h5,7H,1,3-4,6H2,2H3,(H,13,14). The molecule has 1 N–H and O–H groups in total. The Labute approximate surface area is 108 Å².